The van der Waals surface area contributed by atoms with Gasteiger partial charge >= 0.3 is 12.1 Å². The van der Waals surface area contributed by atoms with E-state index in [4.69, 9.17) is 4.74 Å². The van der Waals surface area contributed by atoms with Crippen LogP contribution in [0.3, 0.4) is 0 Å². The molecule has 0 radical (unpaired) electrons. The van der Waals surface area contributed by atoms with E-state index >= 15 is 0 Å². The van der Waals surface area contributed by atoms with Crippen LogP contribution in [0.4, 0.5) is 26.3 Å². The van der Waals surface area contributed by atoms with E-state index in [0.29, 0.717) is 5.75 Å². The van der Waals surface area contributed by atoms with Gasteiger partial charge in [0.2, 0.25) is 17.6 Å². The van der Waals surface area contributed by atoms with Gasteiger partial charge in [-0.3, -0.25) is 29.0 Å². The molecule has 0 saturated carbocycles. The first-order valence-corrected chi connectivity index (χ1v) is 14.9. The summed E-state index contributed by atoms with van der Waals surface area (Å²) in [5.74, 6) is -14.2. The lowest BCUT2D eigenvalue weighted by molar-refractivity contribution is -0.165. The van der Waals surface area contributed by atoms with Crippen molar-refractivity contribution in [3.05, 3.63) is 95.6 Å². The van der Waals surface area contributed by atoms with Gasteiger partial charge in [-0.15, -0.1) is 0 Å². The van der Waals surface area contributed by atoms with Gasteiger partial charge in [-0.1, -0.05) is 44.2 Å². The Hall–Kier alpha value is -5.48. The molecule has 0 aliphatic carbocycles. The van der Waals surface area contributed by atoms with E-state index in [9.17, 15) is 50.3 Å². The van der Waals surface area contributed by atoms with E-state index in [1.807, 2.05) is 0 Å². The van der Waals surface area contributed by atoms with E-state index < -0.39 is 77.9 Å². The summed E-state index contributed by atoms with van der Waals surface area (Å²) in [7, 11) is 1.35. The quantitative estimate of drug-likeness (QED) is 0.139. The molecule has 3 atom stereocenters. The van der Waals surface area contributed by atoms with E-state index in [2.05, 4.69) is 20.9 Å². The number of alkyl halides is 5. The summed E-state index contributed by atoms with van der Waals surface area (Å²) in [4.78, 5) is 69.3. The number of Topliss-reactive ketones (excluding diaryl/α,β-unsaturated/α-hetero) is 1. The van der Waals surface area contributed by atoms with Gasteiger partial charge in [0.15, 0.2) is 0 Å². The smallest absolute Gasteiger partial charge is 0.405 e. The second kappa shape index (κ2) is 16.8. The Morgan fingerprint density at radius 2 is 1.52 bits per heavy atom. The van der Waals surface area contributed by atoms with Crippen LogP contribution in [0.15, 0.2) is 72.9 Å². The summed E-state index contributed by atoms with van der Waals surface area (Å²) >= 11 is 0. The van der Waals surface area contributed by atoms with Crippen molar-refractivity contribution in [2.75, 3.05) is 13.7 Å². The van der Waals surface area contributed by atoms with Crippen molar-refractivity contribution in [2.24, 2.45) is 5.92 Å². The Kier molecular flexibility index (Phi) is 13.1. The van der Waals surface area contributed by atoms with E-state index in [1.165, 1.54) is 75.7 Å². The highest BCUT2D eigenvalue weighted by atomic mass is 19.4. The maximum Gasteiger partial charge on any atom is 0.405 e. The molecule has 0 spiro atoms. The van der Waals surface area contributed by atoms with E-state index in [1.54, 1.807) is 6.07 Å². The van der Waals surface area contributed by atoms with Crippen LogP contribution in [0.2, 0.25) is 0 Å². The van der Waals surface area contributed by atoms with Gasteiger partial charge in [-0.25, -0.2) is 4.39 Å². The molecular formula is C33H33F6N5O6. The number of benzene rings is 2. The highest BCUT2D eigenvalue weighted by Gasteiger charge is 2.52. The number of methoxy groups -OCH3 is 1. The summed E-state index contributed by atoms with van der Waals surface area (Å²) in [6, 6.07) is 9.70. The first-order chi connectivity index (χ1) is 23.4. The Balaban J connectivity index is 1.95. The monoisotopic (exact) mass is 709 g/mol. The van der Waals surface area contributed by atoms with E-state index in [0.717, 1.165) is 17.4 Å². The Labute approximate surface area is 282 Å². The minimum atomic E-state index is -5.05. The van der Waals surface area contributed by atoms with Gasteiger partial charge in [0.1, 0.15) is 35.9 Å². The molecule has 4 N–H and O–H groups in total. The molecule has 17 heteroatoms. The maximum atomic E-state index is 14.8. The number of carbonyl (C=O) groups excluding carboxylic acids is 5. The summed E-state index contributed by atoms with van der Waals surface area (Å²) in [6.07, 6.45) is -4.00. The van der Waals surface area contributed by atoms with Crippen LogP contribution in [0.1, 0.15) is 41.5 Å². The largest absolute Gasteiger partial charge is 0.497 e. The molecule has 2 aromatic carbocycles. The molecule has 3 unspecified atom stereocenters. The number of amides is 4. The number of carbonyl (C=O) groups is 5. The molecule has 0 saturated heterocycles. The van der Waals surface area contributed by atoms with Crippen molar-refractivity contribution in [1.82, 2.24) is 26.3 Å². The van der Waals surface area contributed by atoms with Crippen LogP contribution < -0.4 is 26.0 Å². The SMILES string of the molecule is COc1ccc(C(NC(=O)C(Cc2cccc(F)c2)NC(=O)c2ccccn2)C(=O)NC(C(=O)C(F)(F)C(=O)NCC(F)(F)F)C(C)C)cc1. The fourth-order valence-electron chi connectivity index (χ4n) is 4.55. The zero-order valence-electron chi connectivity index (χ0n) is 26.8. The molecule has 4 amide bonds. The van der Waals surface area contributed by atoms with Crippen molar-refractivity contribution >= 4 is 29.4 Å². The molecule has 1 aromatic heterocycles. The number of ketones is 1. The third kappa shape index (κ3) is 10.8. The number of nitrogens with one attached hydrogen (secondary N) is 4. The standard InChI is InChI=1S/C33H33F6N5O6/c1-18(2)25(27(45)33(38,39)31(49)41-17-32(35,36)37)43-30(48)26(20-10-12-22(50-3)13-11-20)44-29(47)24(16-19-7-6-8-21(34)15-19)42-28(46)23-9-4-5-14-40-23/h4-15,18,24-26H,16-17H2,1-3H3,(H,41,49)(H,42,46)(H,43,48)(H,44,47). The number of nitrogens with zero attached hydrogens (tertiary/aromatic N) is 1. The summed E-state index contributed by atoms with van der Waals surface area (Å²) in [5.41, 5.74) is 0.239. The third-order valence-corrected chi connectivity index (χ3v) is 7.14. The van der Waals surface area contributed by atoms with Gasteiger partial charge in [0.05, 0.1) is 13.2 Å². The minimum Gasteiger partial charge on any atom is -0.497 e. The molecule has 268 valence electrons. The topological polar surface area (TPSA) is 156 Å². The second-order valence-electron chi connectivity index (χ2n) is 11.3. The van der Waals surface area contributed by atoms with E-state index in [-0.39, 0.29) is 23.2 Å². The molecule has 3 aromatic rings. The van der Waals surface area contributed by atoms with Crippen molar-refractivity contribution < 1.29 is 55.1 Å². The van der Waals surface area contributed by atoms with Gasteiger partial charge < -0.3 is 26.0 Å². The number of ether oxygens (including phenoxy) is 1. The second-order valence-corrected chi connectivity index (χ2v) is 11.3. The van der Waals surface area contributed by atoms with Crippen LogP contribution in [-0.2, 0) is 25.6 Å². The molecule has 0 bridgehead atoms. The zero-order chi connectivity index (χ0) is 37.2. The maximum absolute atomic E-state index is 14.8. The molecule has 0 aliphatic rings. The predicted octanol–water partition coefficient (Wildman–Crippen LogP) is 3.45. The van der Waals surface area contributed by atoms with Crippen LogP contribution in [-0.4, -0.2) is 72.2 Å². The lowest BCUT2D eigenvalue weighted by atomic mass is 9.94. The molecule has 1 heterocycles. The number of hydrogen-bond acceptors (Lipinski definition) is 7. The number of halogens is 6. The van der Waals surface area contributed by atoms with Crippen LogP contribution in [0.5, 0.6) is 5.75 Å². The molecule has 0 aliphatic heterocycles. The van der Waals surface area contributed by atoms with Crippen molar-refractivity contribution in [1.29, 1.82) is 0 Å². The van der Waals surface area contributed by atoms with Crippen molar-refractivity contribution in [3.63, 3.8) is 0 Å². The molecule has 11 nitrogen and oxygen atoms in total. The van der Waals surface area contributed by atoms with Crippen LogP contribution >= 0.6 is 0 Å². The summed E-state index contributed by atoms with van der Waals surface area (Å²) in [6.45, 7) is 0.331. The molecule has 50 heavy (non-hydrogen) atoms. The molecule has 0 fully saturated rings. The normalized spacial score (nSPS) is 13.4. The van der Waals surface area contributed by atoms with Gasteiger partial charge in [0.25, 0.3) is 11.8 Å². The average Bonchev–Trinajstić information content (AvgIpc) is 3.07. The summed E-state index contributed by atoms with van der Waals surface area (Å²) in [5, 5.41) is 7.94. The van der Waals surface area contributed by atoms with Gasteiger partial charge in [0, 0.05) is 12.6 Å². The lowest BCUT2D eigenvalue weighted by Crippen LogP contribution is -2.58. The van der Waals surface area contributed by atoms with Crippen LogP contribution in [0, 0.1) is 11.7 Å². The molecular weight excluding hydrogens is 676 g/mol. The zero-order valence-corrected chi connectivity index (χ0v) is 26.8. The predicted molar refractivity (Wildman–Crippen MR) is 165 cm³/mol. The summed E-state index contributed by atoms with van der Waals surface area (Å²) < 4.78 is 86.4. The fraction of sp³-hybridized carbons (Fsp3) is 0.333. The minimum absolute atomic E-state index is 0.0434. The number of rotatable bonds is 15. The highest BCUT2D eigenvalue weighted by molar-refractivity contribution is 6.10. The Morgan fingerprint density at radius 1 is 0.840 bits per heavy atom. The Morgan fingerprint density at radius 3 is 2.08 bits per heavy atom. The number of aromatic nitrogens is 1. The van der Waals surface area contributed by atoms with Gasteiger partial charge in [-0.05, 0) is 53.4 Å². The van der Waals surface area contributed by atoms with Crippen molar-refractivity contribution in [2.45, 2.75) is 50.5 Å². The average molecular weight is 710 g/mol. The highest BCUT2D eigenvalue weighted by Crippen LogP contribution is 2.24. The lowest BCUT2D eigenvalue weighted by Gasteiger charge is -2.28. The third-order valence-electron chi connectivity index (χ3n) is 7.14. The first kappa shape index (κ1) is 39.0. The fourth-order valence-corrected chi connectivity index (χ4v) is 4.55. The Bertz CT molecular complexity index is 1670. The van der Waals surface area contributed by atoms with Crippen molar-refractivity contribution in [3.8, 4) is 5.75 Å². The number of hydrogen-bond donors (Lipinski definition) is 4. The number of pyridine rings is 1. The molecule has 3 rings (SSSR count). The van der Waals surface area contributed by atoms with Gasteiger partial charge in [-0.2, -0.15) is 22.0 Å². The van der Waals surface area contributed by atoms with Crippen LogP contribution in [0.25, 0.3) is 0 Å². The first-order valence-electron chi connectivity index (χ1n) is 14.9.